The second-order valence-electron chi connectivity index (χ2n) is 5.11. The maximum absolute atomic E-state index is 14.1. The second-order valence-corrected chi connectivity index (χ2v) is 7.12. The molecule has 0 radical (unpaired) electrons. The summed E-state index contributed by atoms with van der Waals surface area (Å²) in [6.07, 6.45) is 4.92. The largest absolute Gasteiger partial charge is 0.330 e. The zero-order valence-corrected chi connectivity index (χ0v) is 11.3. The third-order valence-electron chi connectivity index (χ3n) is 3.89. The van der Waals surface area contributed by atoms with E-state index < -0.39 is 15.7 Å². The summed E-state index contributed by atoms with van der Waals surface area (Å²) in [5.41, 5.74) is 6.07. The van der Waals surface area contributed by atoms with Crippen LogP contribution < -0.4 is 5.73 Å². The Morgan fingerprint density at radius 3 is 2.39 bits per heavy atom. The van der Waals surface area contributed by atoms with Crippen molar-refractivity contribution in [3.8, 4) is 0 Å². The van der Waals surface area contributed by atoms with Crippen molar-refractivity contribution in [2.45, 2.75) is 36.0 Å². The molecule has 1 fully saturated rings. The van der Waals surface area contributed by atoms with Crippen molar-refractivity contribution in [2.24, 2.45) is 5.73 Å². The van der Waals surface area contributed by atoms with E-state index in [9.17, 15) is 12.8 Å². The Morgan fingerprint density at radius 2 is 1.94 bits per heavy atom. The summed E-state index contributed by atoms with van der Waals surface area (Å²) in [6, 6.07) is 4.17. The lowest BCUT2D eigenvalue weighted by molar-refractivity contribution is 0.426. The summed E-state index contributed by atoms with van der Waals surface area (Å²) >= 11 is 0. The predicted molar refractivity (Wildman–Crippen MR) is 68.7 cm³/mol. The number of sulfone groups is 1. The van der Waals surface area contributed by atoms with Crippen LogP contribution in [0.5, 0.6) is 0 Å². The van der Waals surface area contributed by atoms with Crippen LogP contribution in [0, 0.1) is 5.82 Å². The van der Waals surface area contributed by atoms with E-state index in [0.717, 1.165) is 38.0 Å². The molecule has 3 nitrogen and oxygen atoms in total. The van der Waals surface area contributed by atoms with Crippen LogP contribution in [0.4, 0.5) is 4.39 Å². The maximum atomic E-state index is 14.1. The topological polar surface area (TPSA) is 60.2 Å². The van der Waals surface area contributed by atoms with Crippen molar-refractivity contribution >= 4 is 9.84 Å². The van der Waals surface area contributed by atoms with E-state index >= 15 is 0 Å². The number of nitrogens with two attached hydrogens (primary N) is 1. The summed E-state index contributed by atoms with van der Waals surface area (Å²) in [7, 11) is -3.36. The first-order chi connectivity index (χ1) is 8.39. The average Bonchev–Trinajstić information content (AvgIpc) is 2.77. The number of hydrogen-bond donors (Lipinski definition) is 1. The lowest BCUT2D eigenvalue weighted by atomic mass is 9.79. The molecular formula is C13H18FNO2S. The Morgan fingerprint density at radius 1 is 1.33 bits per heavy atom. The molecule has 0 aliphatic heterocycles. The molecule has 1 aliphatic carbocycles. The Bertz CT molecular complexity index is 548. The molecule has 0 spiro atoms. The third kappa shape index (κ3) is 2.29. The van der Waals surface area contributed by atoms with Gasteiger partial charge in [-0.3, -0.25) is 0 Å². The van der Waals surface area contributed by atoms with Crippen LogP contribution in [-0.2, 0) is 15.3 Å². The number of hydrogen-bond acceptors (Lipinski definition) is 3. The van der Waals surface area contributed by atoms with Gasteiger partial charge >= 0.3 is 0 Å². The van der Waals surface area contributed by atoms with Gasteiger partial charge in [0.25, 0.3) is 0 Å². The van der Waals surface area contributed by atoms with Gasteiger partial charge in [-0.05, 0) is 30.5 Å². The van der Waals surface area contributed by atoms with Gasteiger partial charge in [0.15, 0.2) is 9.84 Å². The van der Waals surface area contributed by atoms with Crippen molar-refractivity contribution < 1.29 is 12.8 Å². The molecule has 0 heterocycles. The van der Waals surface area contributed by atoms with E-state index in [-0.39, 0.29) is 10.3 Å². The van der Waals surface area contributed by atoms with Crippen molar-refractivity contribution in [1.82, 2.24) is 0 Å². The van der Waals surface area contributed by atoms with E-state index in [1.807, 2.05) is 0 Å². The lowest BCUT2D eigenvalue weighted by Crippen LogP contribution is -2.33. The molecule has 0 saturated heterocycles. The van der Waals surface area contributed by atoms with E-state index in [1.54, 1.807) is 6.07 Å². The van der Waals surface area contributed by atoms with Crippen LogP contribution in [0.1, 0.15) is 31.2 Å². The maximum Gasteiger partial charge on any atom is 0.175 e. The van der Waals surface area contributed by atoms with Crippen molar-refractivity contribution in [3.05, 3.63) is 29.6 Å². The molecule has 0 amide bonds. The zero-order chi connectivity index (χ0) is 13.4. The molecular weight excluding hydrogens is 253 g/mol. The smallest absolute Gasteiger partial charge is 0.175 e. The zero-order valence-electron chi connectivity index (χ0n) is 10.4. The predicted octanol–water partition coefficient (Wildman–Crippen LogP) is 2.00. The monoisotopic (exact) mass is 271 g/mol. The van der Waals surface area contributed by atoms with Gasteiger partial charge in [-0.1, -0.05) is 18.9 Å². The summed E-state index contributed by atoms with van der Waals surface area (Å²) in [5.74, 6) is -0.453. The average molecular weight is 271 g/mol. The van der Waals surface area contributed by atoms with Gasteiger partial charge in [0, 0.05) is 18.2 Å². The molecule has 0 unspecified atom stereocenters. The number of rotatable bonds is 3. The number of halogens is 1. The minimum Gasteiger partial charge on any atom is -0.330 e. The van der Waals surface area contributed by atoms with Crippen molar-refractivity contribution in [3.63, 3.8) is 0 Å². The highest BCUT2D eigenvalue weighted by atomic mass is 32.2. The minimum atomic E-state index is -3.36. The first-order valence-electron chi connectivity index (χ1n) is 6.09. The van der Waals surface area contributed by atoms with Crippen LogP contribution in [0.3, 0.4) is 0 Å². The highest BCUT2D eigenvalue weighted by molar-refractivity contribution is 7.90. The highest BCUT2D eigenvalue weighted by Crippen LogP contribution is 2.41. The van der Waals surface area contributed by atoms with Crippen molar-refractivity contribution in [2.75, 3.05) is 12.8 Å². The molecule has 1 aromatic carbocycles. The van der Waals surface area contributed by atoms with E-state index in [0.29, 0.717) is 12.1 Å². The quantitative estimate of drug-likeness (QED) is 0.914. The standard InChI is InChI=1S/C13H18FNO2S/c1-18(16,17)10-4-5-11(12(14)8-10)13(9-15)6-2-3-7-13/h4-5,8H,2-3,6-7,9,15H2,1H3. The van der Waals surface area contributed by atoms with Crippen LogP contribution in [0.15, 0.2) is 23.1 Å². The molecule has 0 aromatic heterocycles. The van der Waals surface area contributed by atoms with Gasteiger partial charge in [-0.15, -0.1) is 0 Å². The van der Waals surface area contributed by atoms with Crippen LogP contribution >= 0.6 is 0 Å². The second kappa shape index (κ2) is 4.63. The molecule has 2 N–H and O–H groups in total. The van der Waals surface area contributed by atoms with E-state index in [1.165, 1.54) is 6.07 Å². The Kier molecular flexibility index (Phi) is 3.47. The summed E-state index contributed by atoms with van der Waals surface area (Å²) < 4.78 is 36.9. The summed E-state index contributed by atoms with van der Waals surface area (Å²) in [5, 5.41) is 0. The fourth-order valence-corrected chi connectivity index (χ4v) is 3.42. The molecule has 0 atom stereocenters. The molecule has 2 rings (SSSR count). The van der Waals surface area contributed by atoms with E-state index in [4.69, 9.17) is 5.73 Å². The molecule has 18 heavy (non-hydrogen) atoms. The lowest BCUT2D eigenvalue weighted by Gasteiger charge is -2.28. The van der Waals surface area contributed by atoms with Gasteiger partial charge < -0.3 is 5.73 Å². The first kappa shape index (κ1) is 13.5. The molecule has 0 bridgehead atoms. The van der Waals surface area contributed by atoms with Crippen LogP contribution in [0.25, 0.3) is 0 Å². The highest BCUT2D eigenvalue weighted by Gasteiger charge is 2.36. The molecule has 1 saturated carbocycles. The van der Waals surface area contributed by atoms with Gasteiger partial charge in [0.05, 0.1) is 4.90 Å². The fraction of sp³-hybridized carbons (Fsp3) is 0.538. The van der Waals surface area contributed by atoms with E-state index in [2.05, 4.69) is 0 Å². The third-order valence-corrected chi connectivity index (χ3v) is 5.00. The van der Waals surface area contributed by atoms with Crippen LogP contribution in [0.2, 0.25) is 0 Å². The normalized spacial score (nSPS) is 19.1. The summed E-state index contributed by atoms with van der Waals surface area (Å²) in [6.45, 7) is 0.405. The van der Waals surface area contributed by atoms with Gasteiger partial charge in [-0.2, -0.15) is 0 Å². The Hall–Kier alpha value is -0.940. The molecule has 1 aromatic rings. The Labute approximate surface area is 107 Å². The van der Waals surface area contributed by atoms with Gasteiger partial charge in [0.1, 0.15) is 5.82 Å². The first-order valence-corrected chi connectivity index (χ1v) is 7.98. The molecule has 1 aliphatic rings. The fourth-order valence-electron chi connectivity index (χ4n) is 2.79. The Balaban J connectivity index is 2.47. The minimum absolute atomic E-state index is 0.0221. The molecule has 100 valence electrons. The summed E-state index contributed by atoms with van der Waals surface area (Å²) in [4.78, 5) is 0.0221. The SMILES string of the molecule is CS(=O)(=O)c1ccc(C2(CN)CCCC2)c(F)c1. The molecule has 5 heteroatoms. The van der Waals surface area contributed by atoms with Crippen LogP contribution in [-0.4, -0.2) is 21.2 Å². The van der Waals surface area contributed by atoms with Crippen molar-refractivity contribution in [1.29, 1.82) is 0 Å². The van der Waals surface area contributed by atoms with Gasteiger partial charge in [0.2, 0.25) is 0 Å². The number of benzene rings is 1. The van der Waals surface area contributed by atoms with Gasteiger partial charge in [-0.25, -0.2) is 12.8 Å².